The minimum absolute atomic E-state index is 0.134. The first-order chi connectivity index (χ1) is 12.5. The highest BCUT2D eigenvalue weighted by Gasteiger charge is 2.53. The molecule has 2 heterocycles. The predicted molar refractivity (Wildman–Crippen MR) is 98.2 cm³/mol. The summed E-state index contributed by atoms with van der Waals surface area (Å²) >= 11 is 0. The lowest BCUT2D eigenvalue weighted by atomic mass is 10.00. The van der Waals surface area contributed by atoms with Crippen molar-refractivity contribution < 1.29 is 9.59 Å². The Kier molecular flexibility index (Phi) is 4.53. The van der Waals surface area contributed by atoms with Crippen LogP contribution in [0.4, 0.5) is 0 Å². The lowest BCUT2D eigenvalue weighted by molar-refractivity contribution is -0.138. The van der Waals surface area contributed by atoms with Crippen molar-refractivity contribution >= 4 is 11.8 Å². The monoisotopic (exact) mass is 358 g/mol. The van der Waals surface area contributed by atoms with Crippen molar-refractivity contribution in [3.8, 4) is 0 Å². The Morgan fingerprint density at radius 3 is 2.69 bits per heavy atom. The smallest absolute Gasteiger partial charge is 0.230 e. The third kappa shape index (κ3) is 3.51. The maximum Gasteiger partial charge on any atom is 0.230 e. The SMILES string of the molecule is CC(C)[C@@H]1CN(C(=O)C2(Cn3cccn3)CC2)CCC(=O)N1CC1CC1. The molecule has 0 unspecified atom stereocenters. The van der Waals surface area contributed by atoms with Crippen LogP contribution in [0.2, 0.25) is 0 Å². The van der Waals surface area contributed by atoms with Gasteiger partial charge in [0.25, 0.3) is 0 Å². The maximum atomic E-state index is 13.3. The predicted octanol–water partition coefficient (Wildman–Crippen LogP) is 2.16. The summed E-state index contributed by atoms with van der Waals surface area (Å²) in [4.78, 5) is 30.2. The van der Waals surface area contributed by atoms with Crippen molar-refractivity contribution in [2.75, 3.05) is 19.6 Å². The van der Waals surface area contributed by atoms with E-state index in [4.69, 9.17) is 0 Å². The zero-order valence-electron chi connectivity index (χ0n) is 15.9. The van der Waals surface area contributed by atoms with E-state index in [1.54, 1.807) is 6.20 Å². The second kappa shape index (κ2) is 6.71. The molecule has 3 aliphatic rings. The van der Waals surface area contributed by atoms with E-state index < -0.39 is 0 Å². The summed E-state index contributed by atoms with van der Waals surface area (Å²) in [7, 11) is 0. The second-order valence-electron chi connectivity index (χ2n) is 8.79. The van der Waals surface area contributed by atoms with E-state index in [0.29, 0.717) is 37.9 Å². The van der Waals surface area contributed by atoms with Gasteiger partial charge >= 0.3 is 0 Å². The molecule has 6 nitrogen and oxygen atoms in total. The molecule has 3 fully saturated rings. The molecule has 0 N–H and O–H groups in total. The molecule has 142 valence electrons. The fourth-order valence-corrected chi connectivity index (χ4v) is 4.18. The molecule has 0 aromatic carbocycles. The molecule has 0 radical (unpaired) electrons. The van der Waals surface area contributed by atoms with Gasteiger partial charge in [0.05, 0.1) is 18.0 Å². The Hall–Kier alpha value is -1.85. The lowest BCUT2D eigenvalue weighted by Crippen LogP contribution is -2.49. The van der Waals surface area contributed by atoms with E-state index in [-0.39, 0.29) is 23.3 Å². The summed E-state index contributed by atoms with van der Waals surface area (Å²) < 4.78 is 1.87. The van der Waals surface area contributed by atoms with Crippen LogP contribution < -0.4 is 0 Å². The van der Waals surface area contributed by atoms with E-state index in [2.05, 4.69) is 23.8 Å². The number of hydrogen-bond donors (Lipinski definition) is 0. The molecular formula is C20H30N4O2. The Labute approximate surface area is 155 Å². The highest BCUT2D eigenvalue weighted by Crippen LogP contribution is 2.49. The van der Waals surface area contributed by atoms with Gasteiger partial charge in [0, 0.05) is 38.4 Å². The molecule has 6 heteroatoms. The normalized spacial score (nSPS) is 25.5. The Balaban J connectivity index is 1.49. The lowest BCUT2D eigenvalue weighted by Gasteiger charge is -2.35. The first-order valence-electron chi connectivity index (χ1n) is 10.0. The van der Waals surface area contributed by atoms with E-state index in [1.165, 1.54) is 12.8 Å². The average Bonchev–Trinajstić information content (AvgIpc) is 3.52. The maximum absolute atomic E-state index is 13.3. The van der Waals surface area contributed by atoms with Gasteiger partial charge in [0.15, 0.2) is 0 Å². The van der Waals surface area contributed by atoms with E-state index >= 15 is 0 Å². The number of hydrogen-bond acceptors (Lipinski definition) is 3. The third-order valence-corrected chi connectivity index (χ3v) is 6.26. The second-order valence-corrected chi connectivity index (χ2v) is 8.79. The summed E-state index contributed by atoms with van der Waals surface area (Å²) in [6.07, 6.45) is 8.47. The number of rotatable bonds is 6. The van der Waals surface area contributed by atoms with Crippen LogP contribution in [0.5, 0.6) is 0 Å². The molecule has 0 bridgehead atoms. The molecule has 1 aromatic heterocycles. The largest absolute Gasteiger partial charge is 0.340 e. The van der Waals surface area contributed by atoms with Crippen LogP contribution in [0.25, 0.3) is 0 Å². The van der Waals surface area contributed by atoms with Crippen LogP contribution in [0.1, 0.15) is 46.0 Å². The van der Waals surface area contributed by atoms with Crippen LogP contribution >= 0.6 is 0 Å². The number of nitrogens with zero attached hydrogens (tertiary/aromatic N) is 4. The molecule has 1 aromatic rings. The summed E-state index contributed by atoms with van der Waals surface area (Å²) in [6, 6.07) is 2.03. The van der Waals surface area contributed by atoms with Gasteiger partial charge in [-0.05, 0) is 43.6 Å². The number of amides is 2. The van der Waals surface area contributed by atoms with Crippen molar-refractivity contribution in [1.82, 2.24) is 19.6 Å². The highest BCUT2D eigenvalue weighted by atomic mass is 16.2. The van der Waals surface area contributed by atoms with Gasteiger partial charge < -0.3 is 9.80 Å². The summed E-state index contributed by atoms with van der Waals surface area (Å²) in [5.74, 6) is 1.48. The van der Waals surface area contributed by atoms with E-state index in [9.17, 15) is 9.59 Å². The topological polar surface area (TPSA) is 58.4 Å². The molecule has 2 amide bonds. The highest BCUT2D eigenvalue weighted by molar-refractivity contribution is 5.86. The van der Waals surface area contributed by atoms with Crippen molar-refractivity contribution in [2.24, 2.45) is 17.3 Å². The molecule has 1 saturated heterocycles. The minimum Gasteiger partial charge on any atom is -0.340 e. The van der Waals surface area contributed by atoms with Gasteiger partial charge in [-0.25, -0.2) is 0 Å². The van der Waals surface area contributed by atoms with Gasteiger partial charge in [-0.2, -0.15) is 5.10 Å². The molecule has 0 spiro atoms. The molecule has 4 rings (SSSR count). The number of carbonyl (C=O) groups is 2. The van der Waals surface area contributed by atoms with Crippen molar-refractivity contribution in [3.05, 3.63) is 18.5 Å². The Morgan fingerprint density at radius 1 is 1.35 bits per heavy atom. The van der Waals surface area contributed by atoms with Gasteiger partial charge in [0.2, 0.25) is 11.8 Å². The van der Waals surface area contributed by atoms with Gasteiger partial charge in [-0.3, -0.25) is 14.3 Å². The molecular weight excluding hydrogens is 328 g/mol. The summed E-state index contributed by atoms with van der Waals surface area (Å²) in [6.45, 7) is 7.10. The standard InChI is InChI=1S/C20H30N4O2/c1-15(2)17-13-22(11-6-18(25)24(17)12-16-4-5-16)19(26)20(7-8-20)14-23-10-3-9-21-23/h3,9-10,15-17H,4-8,11-14H2,1-2H3/t17-/m0/s1. The van der Waals surface area contributed by atoms with Crippen LogP contribution in [-0.4, -0.2) is 57.1 Å². The van der Waals surface area contributed by atoms with E-state index in [0.717, 1.165) is 19.4 Å². The van der Waals surface area contributed by atoms with Crippen molar-refractivity contribution in [3.63, 3.8) is 0 Å². The number of aromatic nitrogens is 2. The van der Waals surface area contributed by atoms with Crippen LogP contribution in [-0.2, 0) is 16.1 Å². The van der Waals surface area contributed by atoms with Crippen molar-refractivity contribution in [1.29, 1.82) is 0 Å². The fraction of sp³-hybridized carbons (Fsp3) is 0.750. The summed E-state index contributed by atoms with van der Waals surface area (Å²) in [5, 5.41) is 4.28. The molecule has 1 atom stereocenters. The Morgan fingerprint density at radius 2 is 2.12 bits per heavy atom. The van der Waals surface area contributed by atoms with Crippen LogP contribution in [0, 0.1) is 17.3 Å². The number of carbonyl (C=O) groups excluding carboxylic acids is 2. The van der Waals surface area contributed by atoms with E-state index in [1.807, 2.05) is 21.8 Å². The molecule has 26 heavy (non-hydrogen) atoms. The quantitative estimate of drug-likeness (QED) is 0.783. The van der Waals surface area contributed by atoms with Crippen LogP contribution in [0.15, 0.2) is 18.5 Å². The minimum atomic E-state index is -0.303. The Bertz CT molecular complexity index is 661. The van der Waals surface area contributed by atoms with Crippen LogP contribution in [0.3, 0.4) is 0 Å². The van der Waals surface area contributed by atoms with Gasteiger partial charge in [-0.15, -0.1) is 0 Å². The van der Waals surface area contributed by atoms with Crippen molar-refractivity contribution in [2.45, 2.75) is 58.5 Å². The first kappa shape index (κ1) is 17.6. The van der Waals surface area contributed by atoms with Gasteiger partial charge in [0.1, 0.15) is 0 Å². The zero-order chi connectivity index (χ0) is 18.3. The average molecular weight is 358 g/mol. The first-order valence-corrected chi connectivity index (χ1v) is 10.0. The van der Waals surface area contributed by atoms with Gasteiger partial charge in [-0.1, -0.05) is 13.8 Å². The third-order valence-electron chi connectivity index (χ3n) is 6.26. The molecule has 2 saturated carbocycles. The summed E-state index contributed by atoms with van der Waals surface area (Å²) in [5.41, 5.74) is -0.303. The molecule has 1 aliphatic heterocycles. The molecule has 2 aliphatic carbocycles. The fourth-order valence-electron chi connectivity index (χ4n) is 4.18. The zero-order valence-corrected chi connectivity index (χ0v) is 15.9.